The van der Waals surface area contributed by atoms with Crippen LogP contribution >= 0.6 is 0 Å². The largest absolute Gasteiger partial charge is 0.471 e. The van der Waals surface area contributed by atoms with Gasteiger partial charge in [-0.15, -0.1) is 0 Å². The smallest absolute Gasteiger partial charge is 0.452 e. The molecule has 0 atom stereocenters. The molecule has 0 aromatic heterocycles. The van der Waals surface area contributed by atoms with Crippen LogP contribution in [0.15, 0.2) is 29.4 Å². The molecule has 1 rings (SSSR count). The standard InChI is InChI=1S/C12H12F3N3O3/c1-7(17-18-11(20)21-2)8-4-3-5-9(6-8)16-10(19)12(13,14)15/h3-6H,1-2H3,(H,16,19)(H,18,20)/b17-7-. The van der Waals surface area contributed by atoms with Crippen LogP contribution in [0.3, 0.4) is 0 Å². The number of carbonyl (C=O) groups is 2. The number of benzene rings is 1. The molecule has 6 nitrogen and oxygen atoms in total. The minimum absolute atomic E-state index is 0.0394. The molecule has 21 heavy (non-hydrogen) atoms. The van der Waals surface area contributed by atoms with E-state index in [0.717, 1.165) is 7.11 Å². The van der Waals surface area contributed by atoms with E-state index < -0.39 is 18.2 Å². The number of ether oxygens (including phenoxy) is 1. The number of anilines is 1. The van der Waals surface area contributed by atoms with Gasteiger partial charge in [0.25, 0.3) is 0 Å². The lowest BCUT2D eigenvalue weighted by Gasteiger charge is -2.09. The molecule has 0 aliphatic rings. The molecule has 0 radical (unpaired) electrons. The van der Waals surface area contributed by atoms with Crippen LogP contribution in [-0.4, -0.2) is 31.0 Å². The fourth-order valence-corrected chi connectivity index (χ4v) is 1.26. The lowest BCUT2D eigenvalue weighted by molar-refractivity contribution is -0.167. The number of nitrogens with one attached hydrogen (secondary N) is 2. The Hall–Kier alpha value is -2.58. The number of amides is 2. The Kier molecular flexibility index (Phi) is 5.28. The van der Waals surface area contributed by atoms with Crippen LogP contribution in [0.25, 0.3) is 0 Å². The lowest BCUT2D eigenvalue weighted by atomic mass is 10.1. The molecular weight excluding hydrogens is 291 g/mol. The minimum Gasteiger partial charge on any atom is -0.452 e. The highest BCUT2D eigenvalue weighted by atomic mass is 19.4. The molecule has 2 N–H and O–H groups in total. The number of halogens is 3. The van der Waals surface area contributed by atoms with Gasteiger partial charge >= 0.3 is 18.2 Å². The summed E-state index contributed by atoms with van der Waals surface area (Å²) >= 11 is 0. The molecule has 0 aliphatic carbocycles. The SMILES string of the molecule is COC(=O)N/N=C(/C)c1cccc(NC(=O)C(F)(F)F)c1. The van der Waals surface area contributed by atoms with Crippen LogP contribution in [0.5, 0.6) is 0 Å². The van der Waals surface area contributed by atoms with Gasteiger partial charge in [0.05, 0.1) is 12.8 Å². The van der Waals surface area contributed by atoms with Gasteiger partial charge in [0.1, 0.15) is 0 Å². The third kappa shape index (κ3) is 5.13. The number of hydrogen-bond donors (Lipinski definition) is 2. The maximum Gasteiger partial charge on any atom is 0.471 e. The summed E-state index contributed by atoms with van der Waals surface area (Å²) in [4.78, 5) is 21.7. The summed E-state index contributed by atoms with van der Waals surface area (Å²) in [6, 6.07) is 5.59. The molecule has 9 heteroatoms. The average Bonchev–Trinajstić information content (AvgIpc) is 2.43. The van der Waals surface area contributed by atoms with Crippen molar-refractivity contribution in [2.24, 2.45) is 5.10 Å². The first-order valence-corrected chi connectivity index (χ1v) is 5.61. The van der Waals surface area contributed by atoms with Crippen LogP contribution < -0.4 is 10.7 Å². The van der Waals surface area contributed by atoms with Gasteiger partial charge in [-0.05, 0) is 24.6 Å². The zero-order chi connectivity index (χ0) is 16.0. The molecule has 114 valence electrons. The van der Waals surface area contributed by atoms with Crippen LogP contribution in [0, 0.1) is 0 Å². The molecule has 0 fully saturated rings. The summed E-state index contributed by atoms with van der Waals surface area (Å²) in [5.74, 6) is -2.07. The van der Waals surface area contributed by atoms with Gasteiger partial charge < -0.3 is 10.1 Å². The summed E-state index contributed by atoms with van der Waals surface area (Å²) in [7, 11) is 1.16. The molecule has 1 aromatic carbocycles. The van der Waals surface area contributed by atoms with Crippen LogP contribution in [0.4, 0.5) is 23.7 Å². The summed E-state index contributed by atoms with van der Waals surface area (Å²) in [5.41, 5.74) is 2.78. The quantitative estimate of drug-likeness (QED) is 0.664. The molecule has 0 aliphatic heterocycles. The summed E-state index contributed by atoms with van der Waals surface area (Å²) in [5, 5.41) is 5.41. The van der Waals surface area contributed by atoms with E-state index in [1.54, 1.807) is 11.4 Å². The molecule has 0 saturated carbocycles. The van der Waals surface area contributed by atoms with E-state index in [1.807, 2.05) is 0 Å². The monoisotopic (exact) mass is 303 g/mol. The number of hydrazone groups is 1. The van der Waals surface area contributed by atoms with Crippen molar-refractivity contribution in [3.63, 3.8) is 0 Å². The van der Waals surface area contributed by atoms with Gasteiger partial charge in [-0.2, -0.15) is 18.3 Å². The molecule has 0 heterocycles. The highest BCUT2D eigenvalue weighted by molar-refractivity contribution is 6.01. The van der Waals surface area contributed by atoms with Crippen molar-refractivity contribution in [1.29, 1.82) is 0 Å². The maximum atomic E-state index is 12.1. The topological polar surface area (TPSA) is 79.8 Å². The molecule has 2 amide bonds. The molecule has 0 saturated heterocycles. The molecule has 1 aromatic rings. The first kappa shape index (κ1) is 16.5. The Morgan fingerprint density at radius 1 is 1.29 bits per heavy atom. The van der Waals surface area contributed by atoms with Gasteiger partial charge in [-0.3, -0.25) is 4.79 Å². The van der Waals surface area contributed by atoms with Crippen molar-refractivity contribution in [2.75, 3.05) is 12.4 Å². The van der Waals surface area contributed by atoms with Crippen molar-refractivity contribution in [3.8, 4) is 0 Å². The first-order chi connectivity index (χ1) is 9.74. The minimum atomic E-state index is -4.97. The second-order valence-corrected chi connectivity index (χ2v) is 3.83. The summed E-state index contributed by atoms with van der Waals surface area (Å²) < 4.78 is 40.7. The lowest BCUT2D eigenvalue weighted by Crippen LogP contribution is -2.29. The highest BCUT2D eigenvalue weighted by Gasteiger charge is 2.38. The van der Waals surface area contributed by atoms with Crippen molar-refractivity contribution in [2.45, 2.75) is 13.1 Å². The van der Waals surface area contributed by atoms with Crippen LogP contribution in [-0.2, 0) is 9.53 Å². The van der Waals surface area contributed by atoms with E-state index >= 15 is 0 Å². The van der Waals surface area contributed by atoms with Gasteiger partial charge in [-0.25, -0.2) is 10.2 Å². The first-order valence-electron chi connectivity index (χ1n) is 5.61. The Labute approximate surface area is 118 Å². The van der Waals surface area contributed by atoms with Crippen molar-refractivity contribution >= 4 is 23.4 Å². The van der Waals surface area contributed by atoms with Crippen molar-refractivity contribution < 1.29 is 27.5 Å². The number of hydrogen-bond acceptors (Lipinski definition) is 4. The maximum absolute atomic E-state index is 12.1. The zero-order valence-corrected chi connectivity index (χ0v) is 11.1. The highest BCUT2D eigenvalue weighted by Crippen LogP contribution is 2.19. The normalized spacial score (nSPS) is 11.8. The van der Waals surface area contributed by atoms with E-state index in [2.05, 4.69) is 15.3 Å². The van der Waals surface area contributed by atoms with E-state index in [1.165, 1.54) is 25.1 Å². The predicted molar refractivity (Wildman–Crippen MR) is 68.9 cm³/mol. The van der Waals surface area contributed by atoms with Crippen molar-refractivity contribution in [3.05, 3.63) is 29.8 Å². The van der Waals surface area contributed by atoms with E-state index in [0.29, 0.717) is 11.3 Å². The molecular formula is C12H12F3N3O3. The van der Waals surface area contributed by atoms with Gasteiger partial charge in [0, 0.05) is 5.69 Å². The summed E-state index contributed by atoms with van der Waals surface area (Å²) in [6.07, 6.45) is -5.75. The summed E-state index contributed by atoms with van der Waals surface area (Å²) in [6.45, 7) is 1.53. The second kappa shape index (κ2) is 6.73. The van der Waals surface area contributed by atoms with Crippen LogP contribution in [0.1, 0.15) is 12.5 Å². The van der Waals surface area contributed by atoms with E-state index in [4.69, 9.17) is 0 Å². The molecule has 0 spiro atoms. The number of carbonyl (C=O) groups excluding carboxylic acids is 2. The Bertz CT molecular complexity index is 570. The fourth-order valence-electron chi connectivity index (χ4n) is 1.26. The second-order valence-electron chi connectivity index (χ2n) is 3.83. The Balaban J connectivity index is 2.85. The third-order valence-electron chi connectivity index (χ3n) is 2.30. The van der Waals surface area contributed by atoms with Crippen molar-refractivity contribution in [1.82, 2.24) is 5.43 Å². The number of nitrogens with zero attached hydrogens (tertiary/aromatic N) is 1. The third-order valence-corrected chi connectivity index (χ3v) is 2.30. The van der Waals surface area contributed by atoms with E-state index in [-0.39, 0.29) is 5.69 Å². The Morgan fingerprint density at radius 2 is 1.95 bits per heavy atom. The van der Waals surface area contributed by atoms with Gasteiger partial charge in [-0.1, -0.05) is 12.1 Å². The fraction of sp³-hybridized carbons (Fsp3) is 0.250. The predicted octanol–water partition coefficient (Wildman–Crippen LogP) is 2.27. The number of methoxy groups -OCH3 is 1. The average molecular weight is 303 g/mol. The van der Waals surface area contributed by atoms with Crippen LogP contribution in [0.2, 0.25) is 0 Å². The molecule has 0 unspecified atom stereocenters. The Morgan fingerprint density at radius 3 is 2.52 bits per heavy atom. The number of alkyl halides is 3. The van der Waals surface area contributed by atoms with Gasteiger partial charge in [0.2, 0.25) is 0 Å². The van der Waals surface area contributed by atoms with Gasteiger partial charge in [0.15, 0.2) is 0 Å². The molecule has 0 bridgehead atoms. The number of rotatable bonds is 3. The van der Waals surface area contributed by atoms with E-state index in [9.17, 15) is 22.8 Å². The zero-order valence-electron chi connectivity index (χ0n) is 11.1.